The maximum atomic E-state index is 9.63. The minimum atomic E-state index is -0.0878. The van der Waals surface area contributed by atoms with Gasteiger partial charge in [0.05, 0.1) is 18.6 Å². The fourth-order valence-electron chi connectivity index (χ4n) is 3.44. The summed E-state index contributed by atoms with van der Waals surface area (Å²) in [4.78, 5) is 4.56. The van der Waals surface area contributed by atoms with E-state index in [1.54, 1.807) is 0 Å². The van der Waals surface area contributed by atoms with Crippen LogP contribution in [0.25, 0.3) is 0 Å². The van der Waals surface area contributed by atoms with Gasteiger partial charge in [-0.05, 0) is 64.7 Å². The second-order valence-electron chi connectivity index (χ2n) is 7.13. The molecule has 1 aromatic heterocycles. The molecule has 4 nitrogen and oxygen atoms in total. The predicted octanol–water partition coefficient (Wildman–Crippen LogP) is 2.44. The number of nitrogens with zero attached hydrogens (tertiary/aromatic N) is 2. The molecule has 0 spiro atoms. The molecule has 1 fully saturated rings. The molecule has 0 aromatic carbocycles. The zero-order chi connectivity index (χ0) is 14.7. The second kappa shape index (κ2) is 6.49. The molecule has 1 aromatic rings. The quantitative estimate of drug-likeness (QED) is 0.723. The van der Waals surface area contributed by atoms with Crippen LogP contribution in [0.5, 0.6) is 0 Å². The summed E-state index contributed by atoms with van der Waals surface area (Å²) in [5.41, 5.74) is 2.72. The Hall–Kier alpha value is -0.870. The van der Waals surface area contributed by atoms with E-state index in [-0.39, 0.29) is 12.1 Å². The summed E-state index contributed by atoms with van der Waals surface area (Å²) in [7, 11) is 0. The van der Waals surface area contributed by atoms with Crippen molar-refractivity contribution in [3.8, 4) is 0 Å². The average Bonchev–Trinajstić information content (AvgIpc) is 3.21. The largest absolute Gasteiger partial charge is 0.394 e. The Morgan fingerprint density at radius 1 is 1.33 bits per heavy atom. The van der Waals surface area contributed by atoms with Crippen LogP contribution in [-0.2, 0) is 19.4 Å². The molecule has 2 aliphatic carbocycles. The molecule has 1 heterocycles. The lowest BCUT2D eigenvalue weighted by Gasteiger charge is -2.29. The number of aromatic nitrogens is 2. The van der Waals surface area contributed by atoms with E-state index in [0.29, 0.717) is 6.04 Å². The highest BCUT2D eigenvalue weighted by Gasteiger charge is 2.31. The molecule has 21 heavy (non-hydrogen) atoms. The van der Waals surface area contributed by atoms with Crippen LogP contribution in [0.1, 0.15) is 63.3 Å². The van der Waals surface area contributed by atoms with Gasteiger partial charge in [-0.3, -0.25) is 0 Å². The first-order valence-corrected chi connectivity index (χ1v) is 8.62. The third-order valence-corrected chi connectivity index (χ3v) is 4.97. The summed E-state index contributed by atoms with van der Waals surface area (Å²) in [6.45, 7) is 3.47. The van der Waals surface area contributed by atoms with Crippen molar-refractivity contribution in [2.45, 2.75) is 82.8 Å². The van der Waals surface area contributed by atoms with Crippen LogP contribution in [0.15, 0.2) is 6.33 Å². The minimum absolute atomic E-state index is 0.0878. The number of aliphatic hydroxyl groups is 1. The second-order valence-corrected chi connectivity index (χ2v) is 7.13. The number of aliphatic hydroxyl groups excluding tert-OH is 1. The van der Waals surface area contributed by atoms with Gasteiger partial charge in [-0.1, -0.05) is 0 Å². The molecule has 2 N–H and O–H groups in total. The number of aryl methyl sites for hydroxylation is 2. The molecule has 1 saturated carbocycles. The molecule has 118 valence electrons. The summed E-state index contributed by atoms with van der Waals surface area (Å²) in [6.07, 6.45) is 12.9. The van der Waals surface area contributed by atoms with Gasteiger partial charge in [-0.15, -0.1) is 0 Å². The van der Waals surface area contributed by atoms with Gasteiger partial charge >= 0.3 is 0 Å². The monoisotopic (exact) mass is 291 g/mol. The van der Waals surface area contributed by atoms with Gasteiger partial charge in [0.1, 0.15) is 0 Å². The maximum Gasteiger partial charge on any atom is 0.0951 e. The van der Waals surface area contributed by atoms with E-state index in [1.807, 2.05) is 6.33 Å². The smallest absolute Gasteiger partial charge is 0.0951 e. The van der Waals surface area contributed by atoms with Gasteiger partial charge in [0.2, 0.25) is 0 Å². The fraction of sp³-hybridized carbons (Fsp3) is 0.824. The van der Waals surface area contributed by atoms with Crippen molar-refractivity contribution in [3.05, 3.63) is 17.7 Å². The number of unbranched alkanes of at least 4 members (excludes halogenated alkanes) is 1. The van der Waals surface area contributed by atoms with Crippen LogP contribution < -0.4 is 5.32 Å². The van der Waals surface area contributed by atoms with Gasteiger partial charge in [0.15, 0.2) is 0 Å². The number of imidazole rings is 1. The summed E-state index contributed by atoms with van der Waals surface area (Å²) < 4.78 is 2.36. The topological polar surface area (TPSA) is 50.1 Å². The van der Waals surface area contributed by atoms with Crippen LogP contribution in [-0.4, -0.2) is 32.8 Å². The molecule has 0 bridgehead atoms. The Morgan fingerprint density at radius 3 is 2.90 bits per heavy atom. The van der Waals surface area contributed by atoms with Crippen molar-refractivity contribution in [1.29, 1.82) is 0 Å². The zero-order valence-electron chi connectivity index (χ0n) is 13.3. The Balaban J connectivity index is 1.44. The third-order valence-electron chi connectivity index (χ3n) is 4.97. The van der Waals surface area contributed by atoms with Gasteiger partial charge in [0.25, 0.3) is 0 Å². The molecule has 4 heteroatoms. The van der Waals surface area contributed by atoms with Gasteiger partial charge in [-0.2, -0.15) is 0 Å². The van der Waals surface area contributed by atoms with Crippen LogP contribution in [0.2, 0.25) is 0 Å². The average molecular weight is 291 g/mol. The standard InChI is InChI=1S/C17H29N3O/c1-17(12-21,19-14-8-9-14)10-4-5-11-20-13-18-15-6-2-3-7-16(15)20/h13-14,19,21H,2-12H2,1H3. The summed E-state index contributed by atoms with van der Waals surface area (Å²) in [5, 5.41) is 13.2. The van der Waals surface area contributed by atoms with Gasteiger partial charge in [0, 0.05) is 23.8 Å². The van der Waals surface area contributed by atoms with E-state index in [0.717, 1.165) is 25.8 Å². The van der Waals surface area contributed by atoms with E-state index in [9.17, 15) is 5.11 Å². The van der Waals surface area contributed by atoms with Crippen LogP contribution in [0.4, 0.5) is 0 Å². The Labute approximate surface area is 128 Å². The lowest BCUT2D eigenvalue weighted by molar-refractivity contribution is 0.160. The fourth-order valence-corrected chi connectivity index (χ4v) is 3.44. The lowest BCUT2D eigenvalue weighted by Crippen LogP contribution is -2.46. The summed E-state index contributed by atoms with van der Waals surface area (Å²) >= 11 is 0. The van der Waals surface area contributed by atoms with E-state index in [4.69, 9.17) is 0 Å². The van der Waals surface area contributed by atoms with E-state index < -0.39 is 0 Å². The van der Waals surface area contributed by atoms with Crippen LogP contribution in [0.3, 0.4) is 0 Å². The molecular formula is C17H29N3O. The Kier molecular flexibility index (Phi) is 4.65. The maximum absolute atomic E-state index is 9.63. The first kappa shape index (κ1) is 15.0. The number of hydrogen-bond acceptors (Lipinski definition) is 3. The molecular weight excluding hydrogens is 262 g/mol. The van der Waals surface area contributed by atoms with Gasteiger partial charge < -0.3 is 15.0 Å². The van der Waals surface area contributed by atoms with Crippen LogP contribution in [0, 0.1) is 0 Å². The highest BCUT2D eigenvalue weighted by molar-refractivity contribution is 5.16. The summed E-state index contributed by atoms with van der Waals surface area (Å²) in [6, 6.07) is 0.655. The number of hydrogen-bond donors (Lipinski definition) is 2. The highest BCUT2D eigenvalue weighted by Crippen LogP contribution is 2.25. The molecule has 0 amide bonds. The van der Waals surface area contributed by atoms with E-state index in [2.05, 4.69) is 21.8 Å². The Morgan fingerprint density at radius 2 is 2.14 bits per heavy atom. The molecule has 2 aliphatic rings. The van der Waals surface area contributed by atoms with Gasteiger partial charge in [-0.25, -0.2) is 4.98 Å². The molecule has 0 radical (unpaired) electrons. The van der Waals surface area contributed by atoms with Crippen LogP contribution >= 0.6 is 0 Å². The lowest BCUT2D eigenvalue weighted by atomic mass is 9.95. The van der Waals surface area contributed by atoms with E-state index >= 15 is 0 Å². The Bertz CT molecular complexity index is 467. The molecule has 0 saturated heterocycles. The molecule has 1 unspecified atom stereocenters. The summed E-state index contributed by atoms with van der Waals surface area (Å²) in [5.74, 6) is 0. The van der Waals surface area contributed by atoms with Crippen molar-refractivity contribution in [2.24, 2.45) is 0 Å². The molecule has 3 rings (SSSR count). The SMILES string of the molecule is CC(CO)(CCCCn1cnc2c1CCCC2)NC1CC1. The zero-order valence-corrected chi connectivity index (χ0v) is 13.3. The highest BCUT2D eigenvalue weighted by atomic mass is 16.3. The first-order chi connectivity index (χ1) is 10.2. The van der Waals surface area contributed by atoms with Crippen molar-refractivity contribution >= 4 is 0 Å². The van der Waals surface area contributed by atoms with Crippen molar-refractivity contribution in [2.75, 3.05) is 6.61 Å². The first-order valence-electron chi connectivity index (χ1n) is 8.62. The van der Waals surface area contributed by atoms with Crippen molar-refractivity contribution in [1.82, 2.24) is 14.9 Å². The number of rotatable bonds is 8. The number of fused-ring (bicyclic) bond motifs is 1. The number of nitrogens with one attached hydrogen (secondary N) is 1. The van der Waals surface area contributed by atoms with Crippen molar-refractivity contribution < 1.29 is 5.11 Å². The van der Waals surface area contributed by atoms with Crippen molar-refractivity contribution in [3.63, 3.8) is 0 Å². The van der Waals surface area contributed by atoms with E-state index in [1.165, 1.54) is 49.9 Å². The normalized spacial score (nSPS) is 21.0. The predicted molar refractivity (Wildman–Crippen MR) is 84.4 cm³/mol. The third kappa shape index (κ3) is 3.86. The minimum Gasteiger partial charge on any atom is -0.394 e. The molecule has 0 aliphatic heterocycles. The molecule has 1 atom stereocenters.